The number of piperazine rings is 1. The predicted octanol–water partition coefficient (Wildman–Crippen LogP) is 1.09. The zero-order valence-corrected chi connectivity index (χ0v) is 17.6. The number of ether oxygens (including phenoxy) is 1. The van der Waals surface area contributed by atoms with Gasteiger partial charge in [-0.3, -0.25) is 14.6 Å². The largest absolute Gasteiger partial charge is 0.396 e. The maximum atomic E-state index is 12.7. The lowest BCUT2D eigenvalue weighted by Gasteiger charge is -2.51. The molecule has 5 aliphatic rings. The summed E-state index contributed by atoms with van der Waals surface area (Å²) in [6.07, 6.45) is 5.26. The zero-order chi connectivity index (χ0) is 20.4. The van der Waals surface area contributed by atoms with Crippen molar-refractivity contribution < 1.29 is 14.6 Å². The number of hydrogen-bond donors (Lipinski definition) is 3. The van der Waals surface area contributed by atoms with E-state index in [2.05, 4.69) is 45.7 Å². The number of anilines is 1. The van der Waals surface area contributed by atoms with Gasteiger partial charge < -0.3 is 20.5 Å². The Kier molecular flexibility index (Phi) is 4.66. The van der Waals surface area contributed by atoms with Crippen LogP contribution in [-0.4, -0.2) is 78.0 Å². The van der Waals surface area contributed by atoms with Crippen LogP contribution in [0.4, 0.5) is 5.69 Å². The van der Waals surface area contributed by atoms with E-state index in [9.17, 15) is 9.90 Å². The molecule has 0 aromatic heterocycles. The van der Waals surface area contributed by atoms with E-state index in [1.165, 1.54) is 11.1 Å². The van der Waals surface area contributed by atoms with Gasteiger partial charge in [0, 0.05) is 36.3 Å². The van der Waals surface area contributed by atoms with Gasteiger partial charge in [-0.05, 0) is 62.5 Å². The Bertz CT molecular complexity index is 842. The SMILES string of the molecule is CN1[C@H]2C[C@@H](CO)[C@@H]1C1Cc3ccc(NC(=O)[C@@H]4CCCCN4)cc3[C@@H]3CO[C@H]2N13. The Balaban J connectivity index is 1.28. The summed E-state index contributed by atoms with van der Waals surface area (Å²) in [6, 6.07) is 7.69. The molecule has 0 aliphatic carbocycles. The number of benzene rings is 1. The van der Waals surface area contributed by atoms with Crippen molar-refractivity contribution in [2.75, 3.05) is 32.1 Å². The third kappa shape index (κ3) is 2.79. The van der Waals surface area contributed by atoms with Gasteiger partial charge in [-0.15, -0.1) is 0 Å². The van der Waals surface area contributed by atoms with Gasteiger partial charge in [0.05, 0.1) is 18.7 Å². The van der Waals surface area contributed by atoms with E-state index >= 15 is 0 Å². The number of carbonyl (C=O) groups excluding carboxylic acids is 1. The fourth-order valence-corrected chi connectivity index (χ4v) is 6.88. The number of nitrogens with zero attached hydrogens (tertiary/aromatic N) is 2. The fraction of sp³-hybridized carbons (Fsp3) is 0.696. The zero-order valence-electron chi connectivity index (χ0n) is 17.6. The van der Waals surface area contributed by atoms with Gasteiger partial charge in [0.2, 0.25) is 5.91 Å². The van der Waals surface area contributed by atoms with Crippen LogP contribution in [0.3, 0.4) is 0 Å². The minimum absolute atomic E-state index is 0.0762. The smallest absolute Gasteiger partial charge is 0.241 e. The molecule has 3 N–H and O–H groups in total. The molecule has 7 heteroatoms. The quantitative estimate of drug-likeness (QED) is 0.690. The minimum Gasteiger partial charge on any atom is -0.396 e. The van der Waals surface area contributed by atoms with Gasteiger partial charge in [-0.2, -0.15) is 0 Å². The van der Waals surface area contributed by atoms with Crippen LogP contribution in [0.2, 0.25) is 0 Å². The highest BCUT2D eigenvalue weighted by molar-refractivity contribution is 5.95. The summed E-state index contributed by atoms with van der Waals surface area (Å²) >= 11 is 0. The van der Waals surface area contributed by atoms with Crippen LogP contribution in [-0.2, 0) is 16.0 Å². The van der Waals surface area contributed by atoms with E-state index in [1.54, 1.807) is 0 Å². The molecule has 2 bridgehead atoms. The maximum Gasteiger partial charge on any atom is 0.241 e. The monoisotopic (exact) mass is 412 g/mol. The van der Waals surface area contributed by atoms with Gasteiger partial charge in [0.15, 0.2) is 0 Å². The van der Waals surface area contributed by atoms with Crippen molar-refractivity contribution in [2.24, 2.45) is 5.92 Å². The van der Waals surface area contributed by atoms with Crippen LogP contribution in [0, 0.1) is 5.92 Å². The molecule has 0 spiro atoms. The molecule has 1 aromatic carbocycles. The van der Waals surface area contributed by atoms with Gasteiger partial charge in [-0.25, -0.2) is 0 Å². The van der Waals surface area contributed by atoms with Crippen LogP contribution in [0.15, 0.2) is 18.2 Å². The van der Waals surface area contributed by atoms with Gasteiger partial charge in [-0.1, -0.05) is 12.5 Å². The number of rotatable bonds is 3. The third-order valence-corrected chi connectivity index (χ3v) is 8.27. The molecule has 4 fully saturated rings. The van der Waals surface area contributed by atoms with E-state index in [0.29, 0.717) is 30.7 Å². The second kappa shape index (κ2) is 7.28. The van der Waals surface area contributed by atoms with E-state index in [4.69, 9.17) is 4.74 Å². The average molecular weight is 413 g/mol. The van der Waals surface area contributed by atoms with Crippen LogP contribution >= 0.6 is 0 Å². The number of hydrogen-bond acceptors (Lipinski definition) is 6. The highest BCUT2D eigenvalue weighted by atomic mass is 16.5. The van der Waals surface area contributed by atoms with Gasteiger partial charge in [0.1, 0.15) is 6.23 Å². The first-order valence-electron chi connectivity index (χ1n) is 11.5. The van der Waals surface area contributed by atoms with Gasteiger partial charge >= 0.3 is 0 Å². The molecule has 5 heterocycles. The summed E-state index contributed by atoms with van der Waals surface area (Å²) in [6.45, 7) is 1.88. The number of nitrogens with one attached hydrogen (secondary N) is 2. The molecule has 5 aliphatic heterocycles. The van der Waals surface area contributed by atoms with Gasteiger partial charge in [0.25, 0.3) is 0 Å². The Morgan fingerprint density at radius 3 is 3.03 bits per heavy atom. The van der Waals surface area contributed by atoms with Crippen LogP contribution in [0.25, 0.3) is 0 Å². The molecule has 4 saturated heterocycles. The summed E-state index contributed by atoms with van der Waals surface area (Å²) in [5.41, 5.74) is 3.54. The van der Waals surface area contributed by atoms with Crippen molar-refractivity contribution in [1.29, 1.82) is 0 Å². The first-order valence-corrected chi connectivity index (χ1v) is 11.5. The van der Waals surface area contributed by atoms with E-state index in [1.807, 2.05) is 0 Å². The minimum atomic E-state index is -0.0815. The van der Waals surface area contributed by atoms with Crippen LogP contribution < -0.4 is 10.6 Å². The van der Waals surface area contributed by atoms with Crippen LogP contribution in [0.5, 0.6) is 0 Å². The first-order chi connectivity index (χ1) is 14.7. The molecule has 7 nitrogen and oxygen atoms in total. The highest BCUT2D eigenvalue weighted by Gasteiger charge is 2.60. The number of amides is 1. The second-order valence-electron chi connectivity index (χ2n) is 9.77. The molecule has 162 valence electrons. The van der Waals surface area contributed by atoms with Crippen molar-refractivity contribution in [1.82, 2.24) is 15.1 Å². The summed E-state index contributed by atoms with van der Waals surface area (Å²) in [4.78, 5) is 17.7. The molecule has 1 aromatic rings. The lowest BCUT2D eigenvalue weighted by Crippen LogP contribution is -2.64. The molecule has 1 amide bonds. The number of carbonyl (C=O) groups is 1. The van der Waals surface area contributed by atoms with E-state index in [0.717, 1.165) is 44.3 Å². The van der Waals surface area contributed by atoms with Crippen molar-refractivity contribution in [3.63, 3.8) is 0 Å². The summed E-state index contributed by atoms with van der Waals surface area (Å²) < 4.78 is 6.34. The Hall–Kier alpha value is -1.51. The number of aliphatic hydroxyl groups excluding tert-OH is 1. The second-order valence-corrected chi connectivity index (χ2v) is 9.77. The van der Waals surface area contributed by atoms with Crippen molar-refractivity contribution in [3.05, 3.63) is 29.3 Å². The maximum absolute atomic E-state index is 12.7. The Morgan fingerprint density at radius 2 is 2.23 bits per heavy atom. The van der Waals surface area contributed by atoms with Crippen molar-refractivity contribution >= 4 is 11.6 Å². The summed E-state index contributed by atoms with van der Waals surface area (Å²) in [5.74, 6) is 0.398. The third-order valence-electron chi connectivity index (χ3n) is 8.27. The molecule has 1 unspecified atom stereocenters. The molecule has 30 heavy (non-hydrogen) atoms. The van der Waals surface area contributed by atoms with E-state index in [-0.39, 0.29) is 30.8 Å². The molecule has 0 saturated carbocycles. The first kappa shape index (κ1) is 19.2. The number of piperidine rings is 1. The standard InChI is InChI=1S/C23H32N4O3/c1-26-19-9-14(11-28)21(26)18-8-13-5-6-15(25-22(29)17-4-2-3-7-24-17)10-16(13)20-12-30-23(19)27(18)20/h5-6,10,14,17-21,23-24,28H,2-4,7-9,11-12H2,1H3,(H,25,29)/t14-,17-,18?,19-,20-,21+,23+/m0/s1. The molecule has 6 rings (SSSR count). The summed E-state index contributed by atoms with van der Waals surface area (Å²) in [5, 5.41) is 16.5. The van der Waals surface area contributed by atoms with Crippen molar-refractivity contribution in [2.45, 2.75) is 68.5 Å². The number of fused-ring (bicyclic) bond motifs is 6. The lowest BCUT2D eigenvalue weighted by atomic mass is 9.82. The number of aliphatic hydroxyl groups is 1. The molecular formula is C23H32N4O3. The normalized spacial score (nSPS) is 40.1. The van der Waals surface area contributed by atoms with Crippen LogP contribution in [0.1, 0.15) is 42.9 Å². The lowest BCUT2D eigenvalue weighted by molar-refractivity contribution is -0.118. The molecule has 0 radical (unpaired) electrons. The highest BCUT2D eigenvalue weighted by Crippen LogP contribution is 2.51. The van der Waals surface area contributed by atoms with E-state index < -0.39 is 0 Å². The van der Waals surface area contributed by atoms with Crippen molar-refractivity contribution in [3.8, 4) is 0 Å². The summed E-state index contributed by atoms with van der Waals surface area (Å²) in [7, 11) is 2.20. The topological polar surface area (TPSA) is 77.1 Å². The molecule has 7 atom stereocenters. The predicted molar refractivity (Wildman–Crippen MR) is 113 cm³/mol. The average Bonchev–Trinajstić information content (AvgIpc) is 3.31. The number of likely N-dealkylation sites (N-methyl/N-ethyl adjacent to an activating group) is 1. The fourth-order valence-electron chi connectivity index (χ4n) is 6.88. The molecular weight excluding hydrogens is 380 g/mol. The Labute approximate surface area is 177 Å². The Morgan fingerprint density at radius 1 is 1.33 bits per heavy atom.